The van der Waals surface area contributed by atoms with Gasteiger partial charge in [-0.25, -0.2) is 14.8 Å². The van der Waals surface area contributed by atoms with E-state index >= 15 is 0 Å². The van der Waals surface area contributed by atoms with E-state index in [1.54, 1.807) is 0 Å². The Labute approximate surface area is 127 Å². The van der Waals surface area contributed by atoms with Crippen LogP contribution < -0.4 is 0 Å². The van der Waals surface area contributed by atoms with E-state index in [4.69, 9.17) is 5.11 Å². The van der Waals surface area contributed by atoms with Crippen LogP contribution in [0.25, 0.3) is 11.4 Å². The second-order valence-corrected chi connectivity index (χ2v) is 5.16. The first kappa shape index (κ1) is 14.2. The van der Waals surface area contributed by atoms with Crippen molar-refractivity contribution >= 4 is 11.9 Å². The molecule has 1 aliphatic rings. The first-order valence-electron chi connectivity index (χ1n) is 7.08. The second kappa shape index (κ2) is 5.93. The Hall–Kier alpha value is -2.76. The molecule has 1 unspecified atom stereocenters. The lowest BCUT2D eigenvalue weighted by molar-refractivity contribution is -0.141. The smallest absolute Gasteiger partial charge is 0.326 e. The van der Waals surface area contributed by atoms with Crippen molar-refractivity contribution in [2.75, 3.05) is 6.54 Å². The molecule has 1 atom stereocenters. The number of nitrogens with zero attached hydrogens (tertiary/aromatic N) is 3. The number of rotatable bonds is 3. The quantitative estimate of drug-likeness (QED) is 0.934. The van der Waals surface area contributed by atoms with Crippen molar-refractivity contribution in [3.63, 3.8) is 0 Å². The first-order valence-corrected chi connectivity index (χ1v) is 7.08. The number of benzene rings is 1. The number of hydrogen-bond donors (Lipinski definition) is 1. The van der Waals surface area contributed by atoms with Crippen molar-refractivity contribution in [2.45, 2.75) is 18.9 Å². The fourth-order valence-electron chi connectivity index (χ4n) is 2.61. The molecule has 3 rings (SSSR count). The minimum Gasteiger partial charge on any atom is -0.480 e. The standard InChI is InChI=1S/C16H15N3O3/c20-15(19-8-4-7-13(19)16(21)22)12-9-17-14(18-10-12)11-5-2-1-3-6-11/h1-3,5-6,9-10,13H,4,7-8H2,(H,21,22). The van der Waals surface area contributed by atoms with Gasteiger partial charge in [0.2, 0.25) is 0 Å². The van der Waals surface area contributed by atoms with Crippen LogP contribution in [0.1, 0.15) is 23.2 Å². The molecular formula is C16H15N3O3. The summed E-state index contributed by atoms with van der Waals surface area (Å²) in [5, 5.41) is 9.15. The number of carboxylic acid groups (broad SMARTS) is 1. The van der Waals surface area contributed by atoms with Gasteiger partial charge in [0.05, 0.1) is 5.56 Å². The van der Waals surface area contributed by atoms with Crippen LogP contribution in [-0.4, -0.2) is 44.4 Å². The number of carboxylic acids is 1. The van der Waals surface area contributed by atoms with Gasteiger partial charge in [0.15, 0.2) is 5.82 Å². The lowest BCUT2D eigenvalue weighted by atomic mass is 10.2. The maximum atomic E-state index is 12.4. The summed E-state index contributed by atoms with van der Waals surface area (Å²) in [5.74, 6) is -0.759. The fraction of sp³-hybridized carbons (Fsp3) is 0.250. The highest BCUT2D eigenvalue weighted by Crippen LogP contribution is 2.20. The van der Waals surface area contributed by atoms with Gasteiger partial charge in [0.1, 0.15) is 6.04 Å². The number of likely N-dealkylation sites (tertiary alicyclic amines) is 1. The van der Waals surface area contributed by atoms with Gasteiger partial charge in [0, 0.05) is 24.5 Å². The molecule has 6 nitrogen and oxygen atoms in total. The third-order valence-electron chi connectivity index (χ3n) is 3.73. The summed E-state index contributed by atoms with van der Waals surface area (Å²) in [5.41, 5.74) is 1.18. The highest BCUT2D eigenvalue weighted by Gasteiger charge is 2.34. The third-order valence-corrected chi connectivity index (χ3v) is 3.73. The van der Waals surface area contributed by atoms with Gasteiger partial charge in [-0.2, -0.15) is 0 Å². The van der Waals surface area contributed by atoms with Gasteiger partial charge in [-0.05, 0) is 12.8 Å². The Morgan fingerprint density at radius 3 is 2.45 bits per heavy atom. The number of aromatic nitrogens is 2. The molecule has 6 heteroatoms. The first-order chi connectivity index (χ1) is 10.7. The number of carbonyl (C=O) groups is 2. The fourth-order valence-corrected chi connectivity index (χ4v) is 2.61. The minimum atomic E-state index is -0.965. The van der Waals surface area contributed by atoms with E-state index in [2.05, 4.69) is 9.97 Å². The van der Waals surface area contributed by atoms with E-state index in [1.807, 2.05) is 30.3 Å². The van der Waals surface area contributed by atoms with Crippen molar-refractivity contribution in [3.05, 3.63) is 48.3 Å². The summed E-state index contributed by atoms with van der Waals surface area (Å²) in [6, 6.07) is 8.70. The summed E-state index contributed by atoms with van der Waals surface area (Å²) in [6.07, 6.45) is 4.10. The topological polar surface area (TPSA) is 83.4 Å². The van der Waals surface area contributed by atoms with Crippen LogP contribution in [0.15, 0.2) is 42.7 Å². The van der Waals surface area contributed by atoms with Crippen LogP contribution in [0, 0.1) is 0 Å². The van der Waals surface area contributed by atoms with Crippen LogP contribution in [0.3, 0.4) is 0 Å². The van der Waals surface area contributed by atoms with Gasteiger partial charge in [-0.15, -0.1) is 0 Å². The molecule has 0 radical (unpaired) electrons. The molecule has 1 fully saturated rings. The Morgan fingerprint density at radius 2 is 1.82 bits per heavy atom. The number of amides is 1. The van der Waals surface area contributed by atoms with Crippen LogP contribution in [-0.2, 0) is 4.79 Å². The number of aliphatic carboxylic acids is 1. The van der Waals surface area contributed by atoms with Gasteiger partial charge >= 0.3 is 5.97 Å². The Bertz CT molecular complexity index is 686. The van der Waals surface area contributed by atoms with Crippen LogP contribution in [0.2, 0.25) is 0 Å². The molecule has 2 aromatic rings. The molecule has 2 heterocycles. The summed E-state index contributed by atoms with van der Waals surface area (Å²) in [6.45, 7) is 0.455. The van der Waals surface area contributed by atoms with Crippen molar-refractivity contribution in [3.8, 4) is 11.4 Å². The van der Waals surface area contributed by atoms with Gasteiger partial charge in [0.25, 0.3) is 5.91 Å². The summed E-state index contributed by atoms with van der Waals surface area (Å²) >= 11 is 0. The molecule has 0 aliphatic carbocycles. The number of carbonyl (C=O) groups excluding carboxylic acids is 1. The normalized spacial score (nSPS) is 17.5. The van der Waals surface area contributed by atoms with Crippen LogP contribution in [0.5, 0.6) is 0 Å². The molecule has 0 bridgehead atoms. The average molecular weight is 297 g/mol. The summed E-state index contributed by atoms with van der Waals surface area (Å²) < 4.78 is 0. The SMILES string of the molecule is O=C(O)C1CCCN1C(=O)c1cnc(-c2ccccc2)nc1. The lowest BCUT2D eigenvalue weighted by Crippen LogP contribution is -2.40. The maximum Gasteiger partial charge on any atom is 0.326 e. The molecule has 1 aliphatic heterocycles. The minimum absolute atomic E-state index is 0.313. The van der Waals surface area contributed by atoms with Crippen molar-refractivity contribution < 1.29 is 14.7 Å². The van der Waals surface area contributed by atoms with Crippen molar-refractivity contribution in [1.29, 1.82) is 0 Å². The Kier molecular flexibility index (Phi) is 3.82. The average Bonchev–Trinajstić information content (AvgIpc) is 3.05. The molecule has 1 aromatic heterocycles. The van der Waals surface area contributed by atoms with E-state index in [-0.39, 0.29) is 5.91 Å². The van der Waals surface area contributed by atoms with Crippen LogP contribution >= 0.6 is 0 Å². The molecule has 112 valence electrons. The molecule has 1 amide bonds. The van der Waals surface area contributed by atoms with E-state index in [9.17, 15) is 9.59 Å². The largest absolute Gasteiger partial charge is 0.480 e. The predicted molar refractivity (Wildman–Crippen MR) is 79.2 cm³/mol. The summed E-state index contributed by atoms with van der Waals surface area (Å²) in [4.78, 5) is 33.3. The molecule has 0 saturated carbocycles. The highest BCUT2D eigenvalue weighted by molar-refractivity contribution is 5.96. The molecule has 1 saturated heterocycles. The van der Waals surface area contributed by atoms with E-state index < -0.39 is 12.0 Å². The predicted octanol–water partition coefficient (Wildman–Crippen LogP) is 1.83. The third kappa shape index (κ3) is 2.67. The van der Waals surface area contributed by atoms with E-state index in [0.29, 0.717) is 30.8 Å². The Morgan fingerprint density at radius 1 is 1.14 bits per heavy atom. The molecular weight excluding hydrogens is 282 g/mol. The molecule has 1 N–H and O–H groups in total. The zero-order chi connectivity index (χ0) is 15.5. The number of hydrogen-bond acceptors (Lipinski definition) is 4. The highest BCUT2D eigenvalue weighted by atomic mass is 16.4. The lowest BCUT2D eigenvalue weighted by Gasteiger charge is -2.21. The van der Waals surface area contributed by atoms with E-state index in [1.165, 1.54) is 17.3 Å². The van der Waals surface area contributed by atoms with Crippen LogP contribution in [0.4, 0.5) is 0 Å². The van der Waals surface area contributed by atoms with Gasteiger partial charge in [-0.3, -0.25) is 4.79 Å². The van der Waals surface area contributed by atoms with E-state index in [0.717, 1.165) is 5.56 Å². The second-order valence-electron chi connectivity index (χ2n) is 5.16. The maximum absolute atomic E-state index is 12.4. The monoisotopic (exact) mass is 297 g/mol. The zero-order valence-corrected chi connectivity index (χ0v) is 11.8. The zero-order valence-electron chi connectivity index (χ0n) is 11.8. The molecule has 22 heavy (non-hydrogen) atoms. The molecule has 0 spiro atoms. The van der Waals surface area contributed by atoms with Crippen molar-refractivity contribution in [1.82, 2.24) is 14.9 Å². The van der Waals surface area contributed by atoms with Gasteiger partial charge in [-0.1, -0.05) is 30.3 Å². The molecule has 1 aromatic carbocycles. The van der Waals surface area contributed by atoms with Crippen molar-refractivity contribution in [2.24, 2.45) is 0 Å². The van der Waals surface area contributed by atoms with Gasteiger partial charge < -0.3 is 10.0 Å². The Balaban J connectivity index is 1.81. The summed E-state index contributed by atoms with van der Waals surface area (Å²) in [7, 11) is 0.